The van der Waals surface area contributed by atoms with Crippen LogP contribution < -0.4 is 20.3 Å². The van der Waals surface area contributed by atoms with Crippen molar-refractivity contribution in [2.24, 2.45) is 0 Å². The zero-order valence-corrected chi connectivity index (χ0v) is 13.9. The van der Waals surface area contributed by atoms with Gasteiger partial charge in [-0.3, -0.25) is 4.79 Å². The Hall–Kier alpha value is -2.53. The molecule has 1 heterocycles. The Morgan fingerprint density at radius 2 is 2.12 bits per heavy atom. The number of carbonyl (C=O) groups excluding carboxylic acids is 1. The molecule has 1 aliphatic heterocycles. The Labute approximate surface area is 142 Å². The molecule has 2 aromatic rings. The van der Waals surface area contributed by atoms with Gasteiger partial charge in [-0.1, -0.05) is 30.3 Å². The second kappa shape index (κ2) is 7.84. The molecule has 5 nitrogen and oxygen atoms in total. The van der Waals surface area contributed by atoms with Crippen molar-refractivity contribution in [3.05, 3.63) is 59.7 Å². The number of para-hydroxylation sites is 1. The summed E-state index contributed by atoms with van der Waals surface area (Å²) in [5, 5.41) is 6.38. The second-order valence-electron chi connectivity index (χ2n) is 5.86. The van der Waals surface area contributed by atoms with Crippen LogP contribution in [0.2, 0.25) is 0 Å². The fourth-order valence-electron chi connectivity index (χ4n) is 2.90. The first-order valence-electron chi connectivity index (χ1n) is 8.19. The van der Waals surface area contributed by atoms with E-state index in [4.69, 9.17) is 4.74 Å². The predicted molar refractivity (Wildman–Crippen MR) is 95.2 cm³/mol. The number of hydrogen-bond donors (Lipinski definition) is 2. The number of fused-ring (bicyclic) bond motifs is 1. The number of ether oxygens (including phenoxy) is 1. The lowest BCUT2D eigenvalue weighted by Crippen LogP contribution is -2.39. The summed E-state index contributed by atoms with van der Waals surface area (Å²) >= 11 is 0. The minimum Gasteiger partial charge on any atom is -0.497 e. The predicted octanol–water partition coefficient (Wildman–Crippen LogP) is 1.92. The van der Waals surface area contributed by atoms with Gasteiger partial charge in [-0.15, -0.1) is 0 Å². The van der Waals surface area contributed by atoms with Gasteiger partial charge >= 0.3 is 0 Å². The van der Waals surface area contributed by atoms with Crippen molar-refractivity contribution < 1.29 is 9.53 Å². The fourth-order valence-corrected chi connectivity index (χ4v) is 2.90. The minimum absolute atomic E-state index is 0.0227. The quantitative estimate of drug-likeness (QED) is 0.882. The minimum atomic E-state index is 0.0227. The summed E-state index contributed by atoms with van der Waals surface area (Å²) in [6, 6.07) is 16.0. The summed E-state index contributed by atoms with van der Waals surface area (Å²) in [5.74, 6) is 0.823. The molecule has 0 spiro atoms. The van der Waals surface area contributed by atoms with E-state index >= 15 is 0 Å². The maximum absolute atomic E-state index is 12.4. The van der Waals surface area contributed by atoms with E-state index in [1.165, 1.54) is 5.56 Å². The van der Waals surface area contributed by atoms with Crippen molar-refractivity contribution in [3.8, 4) is 5.75 Å². The molecule has 2 N–H and O–H groups in total. The highest BCUT2D eigenvalue weighted by molar-refractivity contribution is 5.81. The van der Waals surface area contributed by atoms with Gasteiger partial charge in [0.1, 0.15) is 5.75 Å². The van der Waals surface area contributed by atoms with Gasteiger partial charge in [0.25, 0.3) is 0 Å². The van der Waals surface area contributed by atoms with E-state index in [1.807, 2.05) is 36.4 Å². The van der Waals surface area contributed by atoms with Crippen molar-refractivity contribution in [1.82, 2.24) is 10.6 Å². The van der Waals surface area contributed by atoms with Gasteiger partial charge in [0, 0.05) is 31.9 Å². The van der Waals surface area contributed by atoms with Crippen molar-refractivity contribution >= 4 is 11.6 Å². The Bertz CT molecular complexity index is 703. The molecule has 2 aromatic carbocycles. The van der Waals surface area contributed by atoms with Crippen molar-refractivity contribution in [2.45, 2.75) is 13.1 Å². The maximum atomic E-state index is 12.4. The zero-order chi connectivity index (χ0) is 16.8. The van der Waals surface area contributed by atoms with E-state index in [9.17, 15) is 4.79 Å². The van der Waals surface area contributed by atoms with E-state index < -0.39 is 0 Å². The van der Waals surface area contributed by atoms with Gasteiger partial charge in [0.2, 0.25) is 5.91 Å². The second-order valence-corrected chi connectivity index (χ2v) is 5.86. The molecule has 126 valence electrons. The molecular formula is C19H23N3O2. The molecule has 0 saturated heterocycles. The van der Waals surface area contributed by atoms with E-state index in [0.717, 1.165) is 36.6 Å². The summed E-state index contributed by atoms with van der Waals surface area (Å²) in [4.78, 5) is 14.5. The Morgan fingerprint density at radius 3 is 3.00 bits per heavy atom. The summed E-state index contributed by atoms with van der Waals surface area (Å²) in [6.07, 6.45) is 0. The molecule has 0 saturated carbocycles. The first-order valence-corrected chi connectivity index (χ1v) is 8.19. The highest BCUT2D eigenvalue weighted by Gasteiger charge is 2.16. The van der Waals surface area contributed by atoms with Crippen LogP contribution in [0.3, 0.4) is 0 Å². The Kier molecular flexibility index (Phi) is 5.33. The standard InChI is InChI=1S/C19H23N3O2/c1-24-17-7-4-5-15(11-17)12-21-19(23)14-22-10-9-20-13-16-6-2-3-8-18(16)22/h2-8,11,20H,9-10,12-14H2,1H3,(H,21,23). The number of carbonyl (C=O) groups is 1. The average Bonchev–Trinajstić information content (AvgIpc) is 2.83. The van der Waals surface area contributed by atoms with E-state index in [1.54, 1.807) is 7.11 Å². The lowest BCUT2D eigenvalue weighted by molar-refractivity contribution is -0.119. The molecule has 0 fully saturated rings. The smallest absolute Gasteiger partial charge is 0.239 e. The third-order valence-corrected chi connectivity index (χ3v) is 4.16. The van der Waals surface area contributed by atoms with Crippen LogP contribution in [-0.4, -0.2) is 32.7 Å². The molecular weight excluding hydrogens is 302 g/mol. The van der Waals surface area contributed by atoms with Crippen molar-refractivity contribution in [1.29, 1.82) is 0 Å². The molecule has 0 aliphatic carbocycles. The van der Waals surface area contributed by atoms with E-state index in [2.05, 4.69) is 27.7 Å². The molecule has 3 rings (SSSR count). The van der Waals surface area contributed by atoms with Gasteiger partial charge in [-0.05, 0) is 29.3 Å². The number of rotatable bonds is 5. The third-order valence-electron chi connectivity index (χ3n) is 4.16. The van der Waals surface area contributed by atoms with Crippen molar-refractivity contribution in [2.75, 3.05) is 31.6 Å². The SMILES string of the molecule is COc1cccc(CNC(=O)CN2CCNCc3ccccc32)c1. The topological polar surface area (TPSA) is 53.6 Å². The van der Waals surface area contributed by atoms with Crippen LogP contribution in [0.5, 0.6) is 5.75 Å². The molecule has 0 bridgehead atoms. The highest BCUT2D eigenvalue weighted by atomic mass is 16.5. The molecule has 0 aromatic heterocycles. The molecule has 0 radical (unpaired) electrons. The van der Waals surface area contributed by atoms with Crippen LogP contribution in [0.1, 0.15) is 11.1 Å². The van der Waals surface area contributed by atoms with Crippen LogP contribution >= 0.6 is 0 Å². The summed E-state index contributed by atoms with van der Waals surface area (Å²) in [7, 11) is 1.64. The third kappa shape index (κ3) is 4.06. The Morgan fingerprint density at radius 1 is 1.25 bits per heavy atom. The molecule has 24 heavy (non-hydrogen) atoms. The van der Waals surface area contributed by atoms with Gasteiger partial charge in [0.05, 0.1) is 13.7 Å². The van der Waals surface area contributed by atoms with Crippen LogP contribution in [0, 0.1) is 0 Å². The van der Waals surface area contributed by atoms with Crippen LogP contribution in [0.4, 0.5) is 5.69 Å². The molecule has 0 unspecified atom stereocenters. The van der Waals surface area contributed by atoms with E-state index in [0.29, 0.717) is 13.1 Å². The van der Waals surface area contributed by atoms with Crippen molar-refractivity contribution in [3.63, 3.8) is 0 Å². The lowest BCUT2D eigenvalue weighted by atomic mass is 10.1. The van der Waals surface area contributed by atoms with Crippen LogP contribution in [0.25, 0.3) is 0 Å². The van der Waals surface area contributed by atoms with Gasteiger partial charge in [-0.25, -0.2) is 0 Å². The number of methoxy groups -OCH3 is 1. The number of nitrogens with zero attached hydrogens (tertiary/aromatic N) is 1. The number of nitrogens with one attached hydrogen (secondary N) is 2. The summed E-state index contributed by atoms with van der Waals surface area (Å²) < 4.78 is 5.21. The fraction of sp³-hybridized carbons (Fsp3) is 0.316. The van der Waals surface area contributed by atoms with Gasteiger partial charge in [0.15, 0.2) is 0 Å². The molecule has 1 amide bonds. The largest absolute Gasteiger partial charge is 0.497 e. The number of anilines is 1. The van der Waals surface area contributed by atoms with E-state index in [-0.39, 0.29) is 5.91 Å². The normalized spacial score (nSPS) is 13.8. The first-order chi connectivity index (χ1) is 11.8. The summed E-state index contributed by atoms with van der Waals surface area (Å²) in [5.41, 5.74) is 3.40. The average molecular weight is 325 g/mol. The monoisotopic (exact) mass is 325 g/mol. The maximum Gasteiger partial charge on any atom is 0.239 e. The Balaban J connectivity index is 1.60. The highest BCUT2D eigenvalue weighted by Crippen LogP contribution is 2.21. The zero-order valence-electron chi connectivity index (χ0n) is 13.9. The first kappa shape index (κ1) is 16.3. The molecule has 0 atom stereocenters. The number of benzene rings is 2. The van der Waals surface area contributed by atoms with Crippen LogP contribution in [-0.2, 0) is 17.9 Å². The summed E-state index contributed by atoms with van der Waals surface area (Å²) in [6.45, 7) is 3.41. The van der Waals surface area contributed by atoms with Gasteiger partial charge in [-0.2, -0.15) is 0 Å². The molecule has 5 heteroatoms. The molecule has 1 aliphatic rings. The van der Waals surface area contributed by atoms with Gasteiger partial charge < -0.3 is 20.3 Å². The lowest BCUT2D eigenvalue weighted by Gasteiger charge is -2.23. The number of amides is 1. The van der Waals surface area contributed by atoms with Crippen LogP contribution in [0.15, 0.2) is 48.5 Å². The number of hydrogen-bond acceptors (Lipinski definition) is 4.